The lowest BCUT2D eigenvalue weighted by Crippen LogP contribution is -2.14. The van der Waals surface area contributed by atoms with E-state index in [1.54, 1.807) is 0 Å². The van der Waals surface area contributed by atoms with E-state index in [1.807, 2.05) is 109 Å². The predicted molar refractivity (Wildman–Crippen MR) is 137 cm³/mol. The van der Waals surface area contributed by atoms with Crippen molar-refractivity contribution < 1.29 is 4.79 Å². The number of aromatic amines is 1. The van der Waals surface area contributed by atoms with Crippen LogP contribution in [0.3, 0.4) is 0 Å². The highest BCUT2D eigenvalue weighted by molar-refractivity contribution is 6.14. The molecule has 0 saturated heterocycles. The van der Waals surface area contributed by atoms with Crippen LogP contribution >= 0.6 is 0 Å². The van der Waals surface area contributed by atoms with Crippen LogP contribution in [0.5, 0.6) is 0 Å². The summed E-state index contributed by atoms with van der Waals surface area (Å²) in [5.74, 6) is 0.515. The molecule has 5 heteroatoms. The van der Waals surface area contributed by atoms with E-state index < -0.39 is 0 Å². The van der Waals surface area contributed by atoms with E-state index in [1.165, 1.54) is 0 Å². The number of fused-ring (bicyclic) bond motifs is 2. The first kappa shape index (κ1) is 19.9. The Bertz CT molecular complexity index is 1620. The van der Waals surface area contributed by atoms with Crippen LogP contribution in [0, 0.1) is 0 Å². The normalized spacial score (nSPS) is 11.1. The van der Waals surface area contributed by atoms with Crippen LogP contribution in [-0.4, -0.2) is 20.9 Å². The number of pyridine rings is 1. The molecule has 2 N–H and O–H groups in total. The molecule has 0 radical (unpaired) electrons. The summed E-state index contributed by atoms with van der Waals surface area (Å²) in [6, 6.07) is 35.0. The van der Waals surface area contributed by atoms with Crippen LogP contribution in [0.1, 0.15) is 10.4 Å². The number of carbonyl (C=O) groups excluding carboxylic acids is 1. The summed E-state index contributed by atoms with van der Waals surface area (Å²) < 4.78 is 0. The number of rotatable bonds is 4. The summed E-state index contributed by atoms with van der Waals surface area (Å²) in [4.78, 5) is 26.5. The van der Waals surface area contributed by atoms with Crippen LogP contribution in [0.2, 0.25) is 0 Å². The molecule has 0 atom stereocenters. The second-order valence-corrected chi connectivity index (χ2v) is 8.04. The van der Waals surface area contributed by atoms with Crippen molar-refractivity contribution in [3.63, 3.8) is 0 Å². The van der Waals surface area contributed by atoms with Crippen molar-refractivity contribution in [3.8, 4) is 22.6 Å². The number of amides is 1. The van der Waals surface area contributed by atoms with Crippen molar-refractivity contribution in [1.82, 2.24) is 15.0 Å². The minimum Gasteiger partial charge on any atom is -0.338 e. The third kappa shape index (κ3) is 3.59. The molecular weight excluding hydrogens is 420 g/mol. The second kappa shape index (κ2) is 8.30. The van der Waals surface area contributed by atoms with E-state index in [0.717, 1.165) is 38.8 Å². The van der Waals surface area contributed by atoms with Gasteiger partial charge in [0.15, 0.2) is 0 Å². The number of anilines is 1. The summed E-state index contributed by atoms with van der Waals surface area (Å²) in [5, 5.41) is 3.92. The molecule has 0 aliphatic rings. The van der Waals surface area contributed by atoms with Crippen LogP contribution in [-0.2, 0) is 0 Å². The Morgan fingerprint density at radius 3 is 2.26 bits per heavy atom. The molecule has 0 bridgehead atoms. The van der Waals surface area contributed by atoms with Crippen molar-refractivity contribution in [1.29, 1.82) is 0 Å². The zero-order valence-electron chi connectivity index (χ0n) is 18.2. The summed E-state index contributed by atoms with van der Waals surface area (Å²) in [6.07, 6.45) is 0. The number of hydrogen-bond acceptors (Lipinski definition) is 3. The van der Waals surface area contributed by atoms with E-state index in [0.29, 0.717) is 17.1 Å². The van der Waals surface area contributed by atoms with E-state index in [2.05, 4.69) is 10.3 Å². The van der Waals surface area contributed by atoms with Gasteiger partial charge in [0.25, 0.3) is 5.91 Å². The maximum Gasteiger partial charge on any atom is 0.256 e. The van der Waals surface area contributed by atoms with Gasteiger partial charge in [-0.25, -0.2) is 9.97 Å². The molecular formula is C29H20N4O. The Hall–Kier alpha value is -4.77. The Balaban J connectivity index is 1.43. The van der Waals surface area contributed by atoms with Crippen LogP contribution in [0.25, 0.3) is 44.6 Å². The maximum absolute atomic E-state index is 13.6. The molecule has 2 aromatic heterocycles. The second-order valence-electron chi connectivity index (χ2n) is 8.04. The first-order valence-corrected chi connectivity index (χ1v) is 11.1. The first-order valence-electron chi connectivity index (χ1n) is 11.1. The third-order valence-electron chi connectivity index (χ3n) is 5.85. The quantitative estimate of drug-likeness (QED) is 0.320. The molecule has 0 aliphatic carbocycles. The maximum atomic E-state index is 13.6. The SMILES string of the molecule is O=C(Nc1ccccc1-c1nc2ccccc2[nH]1)c1cc(-c2ccccc2)nc2ccccc12. The molecule has 1 amide bonds. The molecule has 0 unspecified atom stereocenters. The summed E-state index contributed by atoms with van der Waals surface area (Å²) in [7, 11) is 0. The number of imidazole rings is 1. The number of aromatic nitrogens is 3. The third-order valence-corrected chi connectivity index (χ3v) is 5.85. The van der Waals surface area contributed by atoms with Crippen molar-refractivity contribution in [2.24, 2.45) is 0 Å². The van der Waals surface area contributed by atoms with Gasteiger partial charge in [-0.1, -0.05) is 72.8 Å². The first-order chi connectivity index (χ1) is 16.8. The summed E-state index contributed by atoms with van der Waals surface area (Å²) in [5.41, 5.74) is 6.42. The molecule has 6 rings (SSSR count). The van der Waals surface area contributed by atoms with Gasteiger partial charge in [-0.2, -0.15) is 0 Å². The van der Waals surface area contributed by atoms with Gasteiger partial charge in [0.2, 0.25) is 0 Å². The Morgan fingerprint density at radius 2 is 1.41 bits per heavy atom. The number of hydrogen-bond donors (Lipinski definition) is 2. The van der Waals surface area contributed by atoms with Crippen LogP contribution < -0.4 is 5.32 Å². The number of carbonyl (C=O) groups is 1. The fourth-order valence-electron chi connectivity index (χ4n) is 4.19. The number of benzene rings is 4. The molecule has 34 heavy (non-hydrogen) atoms. The average molecular weight is 441 g/mol. The van der Waals surface area contributed by atoms with Crippen molar-refractivity contribution in [2.45, 2.75) is 0 Å². The Morgan fingerprint density at radius 1 is 0.706 bits per heavy atom. The van der Waals surface area contributed by atoms with Gasteiger partial charge in [0.05, 0.1) is 33.5 Å². The predicted octanol–water partition coefficient (Wildman–Crippen LogP) is 6.70. The Labute approximate surface area is 196 Å². The highest BCUT2D eigenvalue weighted by Gasteiger charge is 2.17. The Kier molecular flexibility index (Phi) is 4.85. The molecule has 162 valence electrons. The van der Waals surface area contributed by atoms with E-state index in [9.17, 15) is 4.79 Å². The number of para-hydroxylation sites is 4. The van der Waals surface area contributed by atoms with Crippen molar-refractivity contribution >= 4 is 33.5 Å². The fraction of sp³-hybridized carbons (Fsp3) is 0. The van der Waals surface area contributed by atoms with Gasteiger partial charge in [-0.05, 0) is 36.4 Å². The van der Waals surface area contributed by atoms with Gasteiger partial charge in [0.1, 0.15) is 5.82 Å². The highest BCUT2D eigenvalue weighted by atomic mass is 16.1. The summed E-state index contributed by atoms with van der Waals surface area (Å²) in [6.45, 7) is 0. The van der Waals surface area contributed by atoms with E-state index in [-0.39, 0.29) is 5.91 Å². The van der Waals surface area contributed by atoms with Gasteiger partial charge >= 0.3 is 0 Å². The van der Waals surface area contributed by atoms with Gasteiger partial charge in [-0.3, -0.25) is 4.79 Å². The number of H-pyrrole nitrogens is 1. The van der Waals surface area contributed by atoms with Crippen LogP contribution in [0.15, 0.2) is 109 Å². The molecule has 0 saturated carbocycles. The molecule has 6 aromatic rings. The lowest BCUT2D eigenvalue weighted by molar-refractivity contribution is 0.102. The minimum atomic E-state index is -0.195. The zero-order valence-corrected chi connectivity index (χ0v) is 18.2. The smallest absolute Gasteiger partial charge is 0.256 e. The van der Waals surface area contributed by atoms with E-state index in [4.69, 9.17) is 9.97 Å². The number of nitrogens with one attached hydrogen (secondary N) is 2. The van der Waals surface area contributed by atoms with Gasteiger partial charge in [-0.15, -0.1) is 0 Å². The molecule has 4 aromatic carbocycles. The van der Waals surface area contributed by atoms with Crippen molar-refractivity contribution in [3.05, 3.63) is 115 Å². The minimum absolute atomic E-state index is 0.195. The fourth-order valence-corrected chi connectivity index (χ4v) is 4.19. The van der Waals surface area contributed by atoms with Gasteiger partial charge < -0.3 is 10.3 Å². The largest absolute Gasteiger partial charge is 0.338 e. The standard InChI is InChI=1S/C29H20N4O/c34-29(22-18-27(19-10-2-1-3-11-19)30-23-14-6-4-12-20(22)23)33-24-15-7-5-13-21(24)28-31-25-16-8-9-17-26(25)32-28/h1-18H,(H,31,32)(H,33,34). The summed E-state index contributed by atoms with van der Waals surface area (Å²) >= 11 is 0. The topological polar surface area (TPSA) is 70.7 Å². The van der Waals surface area contributed by atoms with Crippen molar-refractivity contribution in [2.75, 3.05) is 5.32 Å². The van der Waals surface area contributed by atoms with E-state index >= 15 is 0 Å². The average Bonchev–Trinajstić information content (AvgIpc) is 3.33. The molecule has 0 fully saturated rings. The molecule has 5 nitrogen and oxygen atoms in total. The highest BCUT2D eigenvalue weighted by Crippen LogP contribution is 2.30. The van der Waals surface area contributed by atoms with Crippen LogP contribution in [0.4, 0.5) is 5.69 Å². The molecule has 0 aliphatic heterocycles. The lowest BCUT2D eigenvalue weighted by atomic mass is 10.0. The molecule has 0 spiro atoms. The molecule has 2 heterocycles. The lowest BCUT2D eigenvalue weighted by Gasteiger charge is -2.12. The monoisotopic (exact) mass is 440 g/mol. The van der Waals surface area contributed by atoms with Gasteiger partial charge in [0, 0.05) is 16.5 Å². The zero-order chi connectivity index (χ0) is 22.9. The number of nitrogens with zero attached hydrogens (tertiary/aromatic N) is 2.